The van der Waals surface area contributed by atoms with E-state index in [0.29, 0.717) is 31.3 Å². The van der Waals surface area contributed by atoms with E-state index in [-0.39, 0.29) is 0 Å². The van der Waals surface area contributed by atoms with Crippen molar-refractivity contribution in [2.24, 2.45) is 0 Å². The van der Waals surface area contributed by atoms with Crippen molar-refractivity contribution in [1.82, 2.24) is 4.98 Å². The summed E-state index contributed by atoms with van der Waals surface area (Å²) in [6, 6.07) is 0. The van der Waals surface area contributed by atoms with Crippen LogP contribution in [0.5, 0.6) is 5.75 Å². The molecule has 0 aliphatic rings. The molecular formula is C9H13BrN2O2. The number of nitrogens with zero attached hydrogens (tertiary/aromatic N) is 1. The fourth-order valence-corrected chi connectivity index (χ4v) is 1.40. The highest BCUT2D eigenvalue weighted by Gasteiger charge is 2.05. The van der Waals surface area contributed by atoms with Gasteiger partial charge in [0, 0.05) is 12.8 Å². The first-order valence-corrected chi connectivity index (χ1v) is 5.14. The summed E-state index contributed by atoms with van der Waals surface area (Å²) in [7, 11) is 0. The Morgan fingerprint density at radius 3 is 2.86 bits per heavy atom. The summed E-state index contributed by atoms with van der Waals surface area (Å²) in [5.74, 6) is 0.625. The van der Waals surface area contributed by atoms with E-state index in [2.05, 4.69) is 20.9 Å². The van der Waals surface area contributed by atoms with Crippen LogP contribution in [0.3, 0.4) is 0 Å². The predicted octanol–water partition coefficient (Wildman–Crippen LogP) is 1.84. The zero-order chi connectivity index (χ0) is 10.4. The number of nitrogen functional groups attached to an aromatic ring is 1. The number of pyridine rings is 1. The second-order valence-corrected chi connectivity index (χ2v) is 3.44. The number of halogens is 1. The van der Waals surface area contributed by atoms with Crippen LogP contribution in [0.4, 0.5) is 5.69 Å². The van der Waals surface area contributed by atoms with Crippen molar-refractivity contribution in [2.75, 3.05) is 25.6 Å². The molecular weight excluding hydrogens is 248 g/mol. The largest absolute Gasteiger partial charge is 0.488 e. The molecule has 0 aromatic carbocycles. The Bertz CT molecular complexity index is 274. The molecule has 0 atom stereocenters. The van der Waals surface area contributed by atoms with Crippen LogP contribution in [0.2, 0.25) is 0 Å². The second kappa shape index (κ2) is 5.82. The quantitative estimate of drug-likeness (QED) is 0.821. The van der Waals surface area contributed by atoms with Crippen LogP contribution < -0.4 is 10.5 Å². The lowest BCUT2D eigenvalue weighted by Gasteiger charge is -2.09. The first-order chi connectivity index (χ1) is 6.75. The minimum Gasteiger partial charge on any atom is -0.488 e. The molecule has 0 aliphatic carbocycles. The molecule has 4 nitrogen and oxygen atoms in total. The van der Waals surface area contributed by atoms with Crippen molar-refractivity contribution in [3.8, 4) is 5.75 Å². The molecule has 5 heteroatoms. The maximum Gasteiger partial charge on any atom is 0.159 e. The lowest BCUT2D eigenvalue weighted by molar-refractivity contribution is 0.110. The molecule has 1 heterocycles. The van der Waals surface area contributed by atoms with Gasteiger partial charge in [-0.1, -0.05) is 0 Å². The normalized spacial score (nSPS) is 10.1. The third-order valence-corrected chi connectivity index (χ3v) is 2.12. The second-order valence-electron chi connectivity index (χ2n) is 2.59. The number of ether oxygens (including phenoxy) is 2. The van der Waals surface area contributed by atoms with Crippen LogP contribution >= 0.6 is 15.9 Å². The number of hydrogen-bond donors (Lipinski definition) is 1. The Balaban J connectivity index is 2.49. The third-order valence-electron chi connectivity index (χ3n) is 1.56. The average Bonchev–Trinajstić information content (AvgIpc) is 2.16. The van der Waals surface area contributed by atoms with Gasteiger partial charge in [-0.05, 0) is 22.9 Å². The van der Waals surface area contributed by atoms with Gasteiger partial charge < -0.3 is 15.2 Å². The molecule has 0 spiro atoms. The molecule has 0 aliphatic heterocycles. The Kier molecular flexibility index (Phi) is 4.69. The zero-order valence-corrected chi connectivity index (χ0v) is 9.58. The van der Waals surface area contributed by atoms with Crippen molar-refractivity contribution in [1.29, 1.82) is 0 Å². The maximum absolute atomic E-state index is 5.68. The molecule has 0 radical (unpaired) electrons. The monoisotopic (exact) mass is 260 g/mol. The molecule has 0 unspecified atom stereocenters. The summed E-state index contributed by atoms with van der Waals surface area (Å²) in [6.07, 6.45) is 3.20. The molecule has 0 saturated heterocycles. The highest BCUT2D eigenvalue weighted by molar-refractivity contribution is 9.10. The Morgan fingerprint density at radius 1 is 1.43 bits per heavy atom. The first kappa shape index (κ1) is 11.3. The van der Waals surface area contributed by atoms with Crippen molar-refractivity contribution >= 4 is 21.6 Å². The molecule has 78 valence electrons. The average molecular weight is 261 g/mol. The van der Waals surface area contributed by atoms with Gasteiger partial charge in [0.1, 0.15) is 6.61 Å². The number of anilines is 1. The van der Waals surface area contributed by atoms with E-state index in [1.54, 1.807) is 12.4 Å². The van der Waals surface area contributed by atoms with Crippen LogP contribution in [0.25, 0.3) is 0 Å². The van der Waals surface area contributed by atoms with E-state index in [1.165, 1.54) is 0 Å². The predicted molar refractivity (Wildman–Crippen MR) is 58.3 cm³/mol. The van der Waals surface area contributed by atoms with Gasteiger partial charge in [-0.2, -0.15) is 0 Å². The summed E-state index contributed by atoms with van der Waals surface area (Å²) >= 11 is 3.31. The minimum absolute atomic E-state index is 0.487. The Morgan fingerprint density at radius 2 is 2.21 bits per heavy atom. The van der Waals surface area contributed by atoms with Gasteiger partial charge in [-0.3, -0.25) is 4.98 Å². The van der Waals surface area contributed by atoms with Gasteiger partial charge in [0.25, 0.3) is 0 Å². The van der Waals surface area contributed by atoms with E-state index in [4.69, 9.17) is 15.2 Å². The highest BCUT2D eigenvalue weighted by Crippen LogP contribution is 2.29. The van der Waals surface area contributed by atoms with Crippen LogP contribution in [0.15, 0.2) is 16.9 Å². The molecule has 1 aromatic heterocycles. The number of rotatable bonds is 5. The molecule has 0 bridgehead atoms. The maximum atomic E-state index is 5.68. The first-order valence-electron chi connectivity index (χ1n) is 4.35. The molecule has 0 amide bonds. The summed E-state index contributed by atoms with van der Waals surface area (Å²) < 4.78 is 11.3. The van der Waals surface area contributed by atoms with Gasteiger partial charge in [-0.25, -0.2) is 0 Å². The van der Waals surface area contributed by atoms with Gasteiger partial charge in [0.05, 0.1) is 23.0 Å². The fraction of sp³-hybridized carbons (Fsp3) is 0.444. The summed E-state index contributed by atoms with van der Waals surface area (Å²) in [5.41, 5.74) is 6.20. The smallest absolute Gasteiger partial charge is 0.159 e. The summed E-state index contributed by atoms with van der Waals surface area (Å²) in [4.78, 5) is 3.91. The highest BCUT2D eigenvalue weighted by atomic mass is 79.9. The molecule has 0 fully saturated rings. The number of nitrogens with two attached hydrogens (primary N) is 1. The molecule has 1 aromatic rings. The summed E-state index contributed by atoms with van der Waals surface area (Å²) in [5, 5.41) is 0. The van der Waals surface area contributed by atoms with E-state index in [1.807, 2.05) is 6.92 Å². The van der Waals surface area contributed by atoms with E-state index < -0.39 is 0 Å². The van der Waals surface area contributed by atoms with Crippen molar-refractivity contribution in [3.05, 3.63) is 16.9 Å². The topological polar surface area (TPSA) is 57.4 Å². The van der Waals surface area contributed by atoms with Crippen LogP contribution in [0, 0.1) is 0 Å². The zero-order valence-electron chi connectivity index (χ0n) is 8.00. The van der Waals surface area contributed by atoms with Gasteiger partial charge in [-0.15, -0.1) is 0 Å². The molecule has 14 heavy (non-hydrogen) atoms. The van der Waals surface area contributed by atoms with Crippen LogP contribution in [-0.4, -0.2) is 24.8 Å². The van der Waals surface area contributed by atoms with Gasteiger partial charge in [0.15, 0.2) is 5.75 Å². The van der Waals surface area contributed by atoms with Crippen molar-refractivity contribution < 1.29 is 9.47 Å². The van der Waals surface area contributed by atoms with E-state index >= 15 is 0 Å². The lowest BCUT2D eigenvalue weighted by atomic mass is 10.4. The SMILES string of the molecule is CCOCCOc1c(N)cncc1Br. The molecule has 2 N–H and O–H groups in total. The van der Waals surface area contributed by atoms with E-state index in [0.717, 1.165) is 4.47 Å². The molecule has 1 rings (SSSR count). The number of hydrogen-bond acceptors (Lipinski definition) is 4. The fourth-order valence-electron chi connectivity index (χ4n) is 0.937. The lowest BCUT2D eigenvalue weighted by Crippen LogP contribution is -2.08. The van der Waals surface area contributed by atoms with Crippen molar-refractivity contribution in [2.45, 2.75) is 6.92 Å². The Labute approximate surface area is 91.5 Å². The van der Waals surface area contributed by atoms with Crippen LogP contribution in [0.1, 0.15) is 6.92 Å². The van der Waals surface area contributed by atoms with E-state index in [9.17, 15) is 0 Å². The van der Waals surface area contributed by atoms with Gasteiger partial charge >= 0.3 is 0 Å². The molecule has 0 saturated carbocycles. The van der Waals surface area contributed by atoms with Crippen LogP contribution in [-0.2, 0) is 4.74 Å². The summed E-state index contributed by atoms with van der Waals surface area (Å²) in [6.45, 7) is 3.68. The third kappa shape index (κ3) is 3.16. The number of aromatic nitrogens is 1. The van der Waals surface area contributed by atoms with Crippen molar-refractivity contribution in [3.63, 3.8) is 0 Å². The standard InChI is InChI=1S/C9H13BrN2O2/c1-2-13-3-4-14-9-7(10)5-12-6-8(9)11/h5-6H,2-4,11H2,1H3. The Hall–Kier alpha value is -0.810. The minimum atomic E-state index is 0.487. The van der Waals surface area contributed by atoms with Gasteiger partial charge in [0.2, 0.25) is 0 Å².